The second-order valence-corrected chi connectivity index (χ2v) is 4.18. The van der Waals surface area contributed by atoms with Crippen molar-refractivity contribution in [2.24, 2.45) is 5.92 Å². The Labute approximate surface area is 83.3 Å². The molecule has 70 valence electrons. The standard InChI is InChI=1S/C11H13ClO/c12-10-5-3-9(4-6-10)11(13)7-8-1-2-8/h3-6,8,11,13H,1-2,7H2/t11-/m0/s1. The molecular formula is C11H13ClO. The third kappa shape index (κ3) is 2.45. The zero-order valence-electron chi connectivity index (χ0n) is 7.41. The molecule has 0 amide bonds. The average molecular weight is 197 g/mol. The van der Waals surface area contributed by atoms with Crippen LogP contribution < -0.4 is 0 Å². The van der Waals surface area contributed by atoms with Crippen molar-refractivity contribution in [3.63, 3.8) is 0 Å². The molecule has 0 aliphatic heterocycles. The van der Waals surface area contributed by atoms with Gasteiger partial charge in [-0.2, -0.15) is 0 Å². The van der Waals surface area contributed by atoms with Gasteiger partial charge in [-0.05, 0) is 30.0 Å². The van der Waals surface area contributed by atoms with Gasteiger partial charge in [0.25, 0.3) is 0 Å². The van der Waals surface area contributed by atoms with E-state index in [1.54, 1.807) is 0 Å². The maximum Gasteiger partial charge on any atom is 0.0792 e. The van der Waals surface area contributed by atoms with Gasteiger partial charge in [-0.1, -0.05) is 36.6 Å². The lowest BCUT2D eigenvalue weighted by Gasteiger charge is -2.09. The zero-order chi connectivity index (χ0) is 9.26. The fourth-order valence-electron chi connectivity index (χ4n) is 1.49. The molecule has 0 spiro atoms. The first-order valence-electron chi connectivity index (χ1n) is 4.69. The third-order valence-electron chi connectivity index (χ3n) is 2.51. The molecule has 1 N–H and O–H groups in total. The molecule has 0 radical (unpaired) electrons. The minimum Gasteiger partial charge on any atom is -0.388 e. The Balaban J connectivity index is 2.01. The molecular weight excluding hydrogens is 184 g/mol. The minimum atomic E-state index is -0.301. The summed E-state index contributed by atoms with van der Waals surface area (Å²) in [4.78, 5) is 0. The molecule has 1 aromatic rings. The Morgan fingerprint density at radius 1 is 1.31 bits per heavy atom. The van der Waals surface area contributed by atoms with Gasteiger partial charge in [0.15, 0.2) is 0 Å². The minimum absolute atomic E-state index is 0.301. The van der Waals surface area contributed by atoms with Crippen molar-refractivity contribution in [2.75, 3.05) is 0 Å². The van der Waals surface area contributed by atoms with Crippen LogP contribution in [0.25, 0.3) is 0 Å². The molecule has 1 atom stereocenters. The summed E-state index contributed by atoms with van der Waals surface area (Å²) in [7, 11) is 0. The van der Waals surface area contributed by atoms with Crippen LogP contribution in [0.4, 0.5) is 0 Å². The number of benzene rings is 1. The van der Waals surface area contributed by atoms with E-state index in [4.69, 9.17) is 11.6 Å². The summed E-state index contributed by atoms with van der Waals surface area (Å²) < 4.78 is 0. The maximum atomic E-state index is 9.78. The molecule has 2 heteroatoms. The molecule has 0 aromatic heterocycles. The molecule has 1 saturated carbocycles. The summed E-state index contributed by atoms with van der Waals surface area (Å²) in [6.07, 6.45) is 3.17. The lowest BCUT2D eigenvalue weighted by molar-refractivity contribution is 0.160. The van der Waals surface area contributed by atoms with Crippen molar-refractivity contribution >= 4 is 11.6 Å². The highest BCUT2D eigenvalue weighted by Crippen LogP contribution is 2.37. The zero-order valence-corrected chi connectivity index (χ0v) is 8.17. The SMILES string of the molecule is O[C@@H](CC1CC1)c1ccc(Cl)cc1. The summed E-state index contributed by atoms with van der Waals surface area (Å²) in [6, 6.07) is 7.45. The van der Waals surface area contributed by atoms with Gasteiger partial charge in [-0.25, -0.2) is 0 Å². The molecule has 1 aromatic carbocycles. The number of halogens is 1. The normalized spacial score (nSPS) is 18.6. The Morgan fingerprint density at radius 3 is 2.46 bits per heavy atom. The van der Waals surface area contributed by atoms with Crippen LogP contribution in [0, 0.1) is 5.92 Å². The Morgan fingerprint density at radius 2 is 1.92 bits per heavy atom. The van der Waals surface area contributed by atoms with Gasteiger partial charge in [0.2, 0.25) is 0 Å². The predicted octanol–water partition coefficient (Wildman–Crippen LogP) is 3.17. The first-order chi connectivity index (χ1) is 6.25. The average Bonchev–Trinajstić information content (AvgIpc) is 2.89. The number of aliphatic hydroxyl groups excluding tert-OH is 1. The third-order valence-corrected chi connectivity index (χ3v) is 2.76. The molecule has 2 rings (SSSR count). The molecule has 1 aliphatic rings. The Kier molecular flexibility index (Phi) is 2.56. The first-order valence-corrected chi connectivity index (χ1v) is 5.07. The molecule has 0 unspecified atom stereocenters. The van der Waals surface area contributed by atoms with Gasteiger partial charge in [0.05, 0.1) is 6.10 Å². The van der Waals surface area contributed by atoms with Gasteiger partial charge in [-0.15, -0.1) is 0 Å². The maximum absolute atomic E-state index is 9.78. The van der Waals surface area contributed by atoms with Crippen molar-refractivity contribution < 1.29 is 5.11 Å². The van der Waals surface area contributed by atoms with Crippen LogP contribution in [0.3, 0.4) is 0 Å². The Hall–Kier alpha value is -0.530. The van der Waals surface area contributed by atoms with E-state index < -0.39 is 0 Å². The molecule has 1 nitrogen and oxygen atoms in total. The number of aliphatic hydroxyl groups is 1. The number of rotatable bonds is 3. The van der Waals surface area contributed by atoms with E-state index in [9.17, 15) is 5.11 Å². The van der Waals surface area contributed by atoms with Crippen LogP contribution in [0.1, 0.15) is 30.9 Å². The fraction of sp³-hybridized carbons (Fsp3) is 0.455. The lowest BCUT2D eigenvalue weighted by Crippen LogP contribution is -1.97. The summed E-state index contributed by atoms with van der Waals surface area (Å²) in [5, 5.41) is 10.5. The van der Waals surface area contributed by atoms with Gasteiger partial charge in [-0.3, -0.25) is 0 Å². The highest BCUT2D eigenvalue weighted by Gasteiger charge is 2.24. The van der Waals surface area contributed by atoms with Crippen LogP contribution in [0.2, 0.25) is 5.02 Å². The highest BCUT2D eigenvalue weighted by atomic mass is 35.5. The quantitative estimate of drug-likeness (QED) is 0.788. The van der Waals surface area contributed by atoms with E-state index in [0.717, 1.165) is 22.9 Å². The summed E-state index contributed by atoms with van der Waals surface area (Å²) in [5.74, 6) is 0.755. The first kappa shape index (κ1) is 9.04. The predicted molar refractivity (Wildman–Crippen MR) is 53.8 cm³/mol. The summed E-state index contributed by atoms with van der Waals surface area (Å²) >= 11 is 5.75. The molecule has 0 bridgehead atoms. The van der Waals surface area contributed by atoms with E-state index in [1.165, 1.54) is 12.8 Å². The van der Waals surface area contributed by atoms with Crippen molar-refractivity contribution in [2.45, 2.75) is 25.4 Å². The van der Waals surface area contributed by atoms with E-state index in [1.807, 2.05) is 24.3 Å². The van der Waals surface area contributed by atoms with E-state index in [2.05, 4.69) is 0 Å². The summed E-state index contributed by atoms with van der Waals surface area (Å²) in [6.45, 7) is 0. The second-order valence-electron chi connectivity index (χ2n) is 3.75. The van der Waals surface area contributed by atoms with E-state index >= 15 is 0 Å². The molecule has 13 heavy (non-hydrogen) atoms. The molecule has 0 saturated heterocycles. The van der Waals surface area contributed by atoms with Crippen molar-refractivity contribution in [3.8, 4) is 0 Å². The van der Waals surface area contributed by atoms with E-state index in [0.29, 0.717) is 0 Å². The highest BCUT2D eigenvalue weighted by molar-refractivity contribution is 6.30. The van der Waals surface area contributed by atoms with Gasteiger partial charge >= 0.3 is 0 Å². The van der Waals surface area contributed by atoms with Crippen LogP contribution >= 0.6 is 11.6 Å². The lowest BCUT2D eigenvalue weighted by atomic mass is 10.0. The molecule has 1 fully saturated rings. The van der Waals surface area contributed by atoms with Gasteiger partial charge in [0.1, 0.15) is 0 Å². The van der Waals surface area contributed by atoms with Gasteiger partial charge < -0.3 is 5.11 Å². The van der Waals surface area contributed by atoms with Crippen LogP contribution in [0.5, 0.6) is 0 Å². The van der Waals surface area contributed by atoms with Gasteiger partial charge in [0, 0.05) is 5.02 Å². The molecule has 1 aliphatic carbocycles. The van der Waals surface area contributed by atoms with Crippen LogP contribution in [0.15, 0.2) is 24.3 Å². The largest absolute Gasteiger partial charge is 0.388 e. The smallest absolute Gasteiger partial charge is 0.0792 e. The fourth-order valence-corrected chi connectivity index (χ4v) is 1.62. The van der Waals surface area contributed by atoms with Crippen LogP contribution in [-0.2, 0) is 0 Å². The number of hydrogen-bond acceptors (Lipinski definition) is 1. The topological polar surface area (TPSA) is 20.2 Å². The van der Waals surface area contributed by atoms with E-state index in [-0.39, 0.29) is 6.10 Å². The van der Waals surface area contributed by atoms with Crippen molar-refractivity contribution in [1.29, 1.82) is 0 Å². The van der Waals surface area contributed by atoms with Crippen molar-refractivity contribution in [1.82, 2.24) is 0 Å². The number of hydrogen-bond donors (Lipinski definition) is 1. The Bertz CT molecular complexity index is 277. The van der Waals surface area contributed by atoms with Crippen LogP contribution in [-0.4, -0.2) is 5.11 Å². The monoisotopic (exact) mass is 196 g/mol. The second kappa shape index (κ2) is 3.69. The molecule has 0 heterocycles. The summed E-state index contributed by atoms with van der Waals surface area (Å²) in [5.41, 5.74) is 0.983. The van der Waals surface area contributed by atoms with Crippen molar-refractivity contribution in [3.05, 3.63) is 34.9 Å².